The predicted octanol–water partition coefficient (Wildman–Crippen LogP) is 6.50. The van der Waals surface area contributed by atoms with Gasteiger partial charge in [-0.1, -0.05) is 60.7 Å². The number of rotatable bonds is 3. The Morgan fingerprint density at radius 3 is 1.68 bits per heavy atom. The van der Waals surface area contributed by atoms with Crippen LogP contribution in [0.4, 0.5) is 0 Å². The molecule has 0 radical (unpaired) electrons. The molecule has 37 heavy (non-hydrogen) atoms. The van der Waals surface area contributed by atoms with E-state index < -0.39 is 0 Å². The van der Waals surface area contributed by atoms with Crippen molar-refractivity contribution in [3.05, 3.63) is 119 Å². The Kier molecular flexibility index (Phi) is 6.90. The molecule has 2 aliphatic rings. The maximum atomic E-state index is 12.1. The molecule has 0 saturated carbocycles. The van der Waals surface area contributed by atoms with Gasteiger partial charge in [0, 0.05) is 12.1 Å². The standard InChI is InChI=1S/C16H14O3.C15H12O3/c1-18-12-7-8-13-14(17)10-15(19-16(13)9-12)11-5-3-2-4-6-11;16-11-6-7-12-13(17)9-14(18-15(12)8-11)10-4-2-1-3-5-10/h2-9,15H,10H2,1H3;1-8,14,16H,9H2. The molecule has 0 saturated heterocycles. The first kappa shape index (κ1) is 24.1. The van der Waals surface area contributed by atoms with Crippen molar-refractivity contribution in [3.63, 3.8) is 0 Å². The molecule has 0 aliphatic carbocycles. The molecule has 6 rings (SSSR count). The highest BCUT2D eigenvalue weighted by molar-refractivity contribution is 6.00. The first-order chi connectivity index (χ1) is 18.0. The van der Waals surface area contributed by atoms with Crippen LogP contribution in [-0.2, 0) is 0 Å². The number of aromatic hydroxyl groups is 1. The van der Waals surface area contributed by atoms with E-state index in [0.29, 0.717) is 41.2 Å². The van der Waals surface area contributed by atoms with Crippen LogP contribution in [0, 0.1) is 0 Å². The number of Topliss-reactive ketones (excluding diaryl/α,β-unsaturated/α-hetero) is 2. The van der Waals surface area contributed by atoms with Crippen molar-refractivity contribution in [1.29, 1.82) is 0 Å². The highest BCUT2D eigenvalue weighted by Crippen LogP contribution is 2.38. The topological polar surface area (TPSA) is 82.1 Å². The van der Waals surface area contributed by atoms with Gasteiger partial charge in [-0.15, -0.1) is 0 Å². The van der Waals surface area contributed by atoms with E-state index in [9.17, 15) is 14.7 Å². The molecule has 186 valence electrons. The zero-order valence-electron chi connectivity index (χ0n) is 20.3. The molecule has 4 aromatic rings. The van der Waals surface area contributed by atoms with Gasteiger partial charge in [-0.25, -0.2) is 0 Å². The monoisotopic (exact) mass is 494 g/mol. The fourth-order valence-electron chi connectivity index (χ4n) is 4.45. The van der Waals surface area contributed by atoms with Crippen LogP contribution < -0.4 is 14.2 Å². The molecule has 0 amide bonds. The highest BCUT2D eigenvalue weighted by Gasteiger charge is 2.28. The second-order valence-corrected chi connectivity index (χ2v) is 8.83. The molecule has 2 atom stereocenters. The van der Waals surface area contributed by atoms with Crippen LogP contribution in [-0.4, -0.2) is 23.8 Å². The number of ether oxygens (including phenoxy) is 3. The summed E-state index contributed by atoms with van der Waals surface area (Å²) in [7, 11) is 1.60. The number of fused-ring (bicyclic) bond motifs is 2. The van der Waals surface area contributed by atoms with Crippen LogP contribution in [0.15, 0.2) is 97.1 Å². The zero-order valence-corrected chi connectivity index (χ0v) is 20.3. The van der Waals surface area contributed by atoms with E-state index in [0.717, 1.165) is 11.1 Å². The fraction of sp³-hybridized carbons (Fsp3) is 0.161. The van der Waals surface area contributed by atoms with Crippen molar-refractivity contribution in [1.82, 2.24) is 0 Å². The Hall–Kier alpha value is -4.58. The van der Waals surface area contributed by atoms with E-state index >= 15 is 0 Å². The van der Waals surface area contributed by atoms with E-state index in [1.54, 1.807) is 31.4 Å². The number of benzene rings is 4. The maximum Gasteiger partial charge on any atom is 0.170 e. The number of ketones is 2. The van der Waals surface area contributed by atoms with Crippen molar-refractivity contribution < 1.29 is 28.9 Å². The van der Waals surface area contributed by atoms with Crippen molar-refractivity contribution >= 4 is 11.6 Å². The van der Waals surface area contributed by atoms with Gasteiger partial charge in [-0.05, 0) is 35.4 Å². The summed E-state index contributed by atoms with van der Waals surface area (Å²) in [5, 5.41) is 9.44. The van der Waals surface area contributed by atoms with Crippen LogP contribution >= 0.6 is 0 Å². The third-order valence-corrected chi connectivity index (χ3v) is 6.38. The summed E-state index contributed by atoms with van der Waals surface area (Å²) in [6.45, 7) is 0. The van der Waals surface area contributed by atoms with E-state index in [1.807, 2.05) is 60.7 Å². The van der Waals surface area contributed by atoms with Crippen molar-refractivity contribution in [2.24, 2.45) is 0 Å². The molecule has 6 heteroatoms. The summed E-state index contributed by atoms with van der Waals surface area (Å²) in [4.78, 5) is 24.2. The number of methoxy groups -OCH3 is 1. The van der Waals surface area contributed by atoms with Crippen LogP contribution in [0.2, 0.25) is 0 Å². The summed E-state index contributed by atoms with van der Waals surface area (Å²) in [5.74, 6) is 2.02. The lowest BCUT2D eigenvalue weighted by Gasteiger charge is -2.25. The largest absolute Gasteiger partial charge is 0.508 e. The number of phenols is 1. The van der Waals surface area contributed by atoms with Crippen LogP contribution in [0.3, 0.4) is 0 Å². The lowest BCUT2D eigenvalue weighted by molar-refractivity contribution is 0.0840. The van der Waals surface area contributed by atoms with Crippen LogP contribution in [0.25, 0.3) is 0 Å². The second-order valence-electron chi connectivity index (χ2n) is 8.83. The third kappa shape index (κ3) is 5.33. The Labute approximate surface area is 215 Å². The number of hydrogen-bond donors (Lipinski definition) is 1. The Morgan fingerprint density at radius 2 is 1.16 bits per heavy atom. The minimum atomic E-state index is -0.270. The summed E-state index contributed by atoms with van der Waals surface area (Å²) in [5.41, 5.74) is 3.16. The van der Waals surface area contributed by atoms with Crippen LogP contribution in [0.1, 0.15) is 56.9 Å². The SMILES string of the molecule is COc1ccc2c(c1)OC(c1ccccc1)CC2=O.O=C1CC(c2ccccc2)Oc2cc(O)ccc21. The second kappa shape index (κ2) is 10.6. The van der Waals surface area contributed by atoms with E-state index in [4.69, 9.17) is 14.2 Å². The highest BCUT2D eigenvalue weighted by atomic mass is 16.5. The number of carbonyl (C=O) groups is 2. The minimum absolute atomic E-state index is 0.0464. The van der Waals surface area contributed by atoms with Gasteiger partial charge in [0.1, 0.15) is 35.2 Å². The predicted molar refractivity (Wildman–Crippen MR) is 139 cm³/mol. The van der Waals surface area contributed by atoms with Crippen molar-refractivity contribution in [3.8, 4) is 23.0 Å². The Balaban J connectivity index is 0.000000152. The van der Waals surface area contributed by atoms with E-state index in [-0.39, 0.29) is 29.5 Å². The van der Waals surface area contributed by atoms with Gasteiger partial charge in [-0.3, -0.25) is 9.59 Å². The first-order valence-corrected chi connectivity index (χ1v) is 12.0. The summed E-state index contributed by atoms with van der Waals surface area (Å²) in [6, 6.07) is 29.3. The van der Waals surface area contributed by atoms with Crippen molar-refractivity contribution in [2.75, 3.05) is 7.11 Å². The van der Waals surface area contributed by atoms with Gasteiger partial charge in [0.05, 0.1) is 31.1 Å². The average molecular weight is 495 g/mol. The fourth-order valence-corrected chi connectivity index (χ4v) is 4.45. The van der Waals surface area contributed by atoms with Gasteiger partial charge in [0.2, 0.25) is 0 Å². The molecule has 1 N–H and O–H groups in total. The number of hydrogen-bond acceptors (Lipinski definition) is 6. The average Bonchev–Trinajstić information content (AvgIpc) is 2.93. The molecular formula is C31H26O6. The number of carbonyl (C=O) groups excluding carboxylic acids is 2. The lowest BCUT2D eigenvalue weighted by atomic mass is 9.96. The molecule has 4 aromatic carbocycles. The molecule has 0 bridgehead atoms. The molecule has 6 nitrogen and oxygen atoms in total. The smallest absolute Gasteiger partial charge is 0.170 e. The molecule has 0 spiro atoms. The Bertz CT molecular complexity index is 1410. The van der Waals surface area contributed by atoms with Gasteiger partial charge >= 0.3 is 0 Å². The molecule has 0 aromatic heterocycles. The summed E-state index contributed by atoms with van der Waals surface area (Å²) in [6.07, 6.45) is 0.229. The number of phenolic OH excluding ortho intramolecular Hbond substituents is 1. The summed E-state index contributed by atoms with van der Waals surface area (Å²) >= 11 is 0. The first-order valence-electron chi connectivity index (χ1n) is 12.0. The van der Waals surface area contributed by atoms with Crippen LogP contribution in [0.5, 0.6) is 23.0 Å². The molecular weight excluding hydrogens is 468 g/mol. The van der Waals surface area contributed by atoms with Gasteiger partial charge in [-0.2, -0.15) is 0 Å². The maximum absolute atomic E-state index is 12.1. The molecule has 2 aliphatic heterocycles. The minimum Gasteiger partial charge on any atom is -0.508 e. The van der Waals surface area contributed by atoms with Crippen molar-refractivity contribution in [2.45, 2.75) is 25.0 Å². The quantitative estimate of drug-likeness (QED) is 0.350. The van der Waals surface area contributed by atoms with E-state index in [2.05, 4.69) is 0 Å². The zero-order chi connectivity index (χ0) is 25.8. The van der Waals surface area contributed by atoms with Gasteiger partial charge in [0.25, 0.3) is 0 Å². The lowest BCUT2D eigenvalue weighted by Crippen LogP contribution is -2.20. The van der Waals surface area contributed by atoms with E-state index in [1.165, 1.54) is 12.1 Å². The normalized spacial score (nSPS) is 17.8. The molecule has 2 heterocycles. The summed E-state index contributed by atoms with van der Waals surface area (Å²) < 4.78 is 16.9. The Morgan fingerprint density at radius 1 is 0.676 bits per heavy atom. The van der Waals surface area contributed by atoms with Gasteiger partial charge < -0.3 is 19.3 Å². The van der Waals surface area contributed by atoms with Gasteiger partial charge in [0.15, 0.2) is 11.6 Å². The molecule has 2 unspecified atom stereocenters. The molecule has 0 fully saturated rings. The third-order valence-electron chi connectivity index (χ3n) is 6.38.